The van der Waals surface area contributed by atoms with E-state index in [2.05, 4.69) is 29.1 Å². The molecule has 0 radical (unpaired) electrons. The molecule has 1 aliphatic heterocycles. The molecule has 0 saturated carbocycles. The van der Waals surface area contributed by atoms with Crippen LogP contribution in [0.15, 0.2) is 82.0 Å². The molecule has 7 nitrogen and oxygen atoms in total. The number of benzene rings is 1. The summed E-state index contributed by atoms with van der Waals surface area (Å²) in [6, 6.07) is 12.3. The molecule has 0 unspecified atom stereocenters. The number of carbonyl (C=O) groups is 2. The Hall–Kier alpha value is -3.39. The van der Waals surface area contributed by atoms with Crippen LogP contribution in [0.3, 0.4) is 0 Å². The Labute approximate surface area is 196 Å². The summed E-state index contributed by atoms with van der Waals surface area (Å²) in [6.07, 6.45) is 5.99. The molecule has 2 aromatic heterocycles. The van der Waals surface area contributed by atoms with Gasteiger partial charge >= 0.3 is 0 Å². The van der Waals surface area contributed by atoms with Gasteiger partial charge in [-0.1, -0.05) is 37.7 Å². The second-order valence-electron chi connectivity index (χ2n) is 8.98. The van der Waals surface area contributed by atoms with Crippen molar-refractivity contribution in [1.29, 1.82) is 0 Å². The lowest BCUT2D eigenvalue weighted by Gasteiger charge is -2.36. The van der Waals surface area contributed by atoms with Crippen LogP contribution in [0.5, 0.6) is 0 Å². The van der Waals surface area contributed by atoms with Crippen LogP contribution in [0.25, 0.3) is 0 Å². The fraction of sp³-hybridized carbons (Fsp3) is 0.280. The molecule has 1 atom stereocenters. The Morgan fingerprint density at radius 3 is 2.70 bits per heavy atom. The minimum atomic E-state index is -0.653. The number of amides is 1. The summed E-state index contributed by atoms with van der Waals surface area (Å²) in [4.78, 5) is 37.4. The van der Waals surface area contributed by atoms with E-state index in [-0.39, 0.29) is 22.9 Å². The van der Waals surface area contributed by atoms with Crippen LogP contribution in [0.2, 0.25) is 0 Å². The number of ketones is 1. The summed E-state index contributed by atoms with van der Waals surface area (Å²) in [5.74, 6) is 0.551. The molecule has 8 heteroatoms. The number of anilines is 2. The number of furan rings is 1. The number of nitrogens with one attached hydrogen (secondary N) is 1. The van der Waals surface area contributed by atoms with E-state index in [1.807, 2.05) is 30.3 Å². The van der Waals surface area contributed by atoms with Gasteiger partial charge in [0, 0.05) is 30.1 Å². The van der Waals surface area contributed by atoms with Crippen LogP contribution in [-0.2, 0) is 9.59 Å². The van der Waals surface area contributed by atoms with Gasteiger partial charge in [-0.05, 0) is 42.2 Å². The first-order valence-corrected chi connectivity index (χ1v) is 11.8. The van der Waals surface area contributed by atoms with Crippen molar-refractivity contribution in [2.75, 3.05) is 16.0 Å². The van der Waals surface area contributed by atoms with E-state index in [0.717, 1.165) is 11.4 Å². The van der Waals surface area contributed by atoms with E-state index in [0.29, 0.717) is 35.0 Å². The number of allylic oxidation sites excluding steroid dienone is 1. The first-order valence-electron chi connectivity index (χ1n) is 10.8. The van der Waals surface area contributed by atoms with Gasteiger partial charge in [0.15, 0.2) is 10.9 Å². The molecule has 168 valence electrons. The summed E-state index contributed by atoms with van der Waals surface area (Å²) < 4.78 is 5.80. The molecule has 0 saturated heterocycles. The molecule has 0 fully saturated rings. The Balaban J connectivity index is 1.63. The lowest BCUT2D eigenvalue weighted by Crippen LogP contribution is -2.40. The lowest BCUT2D eigenvalue weighted by molar-refractivity contribution is -0.118. The standard InChI is InChI=1S/C25H24N4O3S/c1-25(2)13-17-22(19(30)14-25)23(20-9-5-12-32-20)29(18-8-4-3-7-16(18)28-17)21(31)15-33-24-26-10-6-11-27-24/h3-12,23,28H,13-15H2,1-2H3/t23-/m0/s1. The zero-order valence-electron chi connectivity index (χ0n) is 18.4. The van der Waals surface area contributed by atoms with E-state index in [1.54, 1.807) is 35.7 Å². The number of Topliss-reactive ketones (excluding diaryl/α,β-unsaturated/α-hetero) is 1. The molecule has 0 bridgehead atoms. The van der Waals surface area contributed by atoms with Crippen molar-refractivity contribution in [3.63, 3.8) is 0 Å². The highest BCUT2D eigenvalue weighted by molar-refractivity contribution is 7.99. The number of hydrogen-bond donors (Lipinski definition) is 1. The van der Waals surface area contributed by atoms with Crippen LogP contribution in [-0.4, -0.2) is 27.4 Å². The fourth-order valence-corrected chi connectivity index (χ4v) is 5.20. The minimum absolute atomic E-state index is 0.0276. The maximum Gasteiger partial charge on any atom is 0.238 e. The molecule has 1 amide bonds. The van der Waals surface area contributed by atoms with Crippen LogP contribution >= 0.6 is 11.8 Å². The smallest absolute Gasteiger partial charge is 0.238 e. The predicted molar refractivity (Wildman–Crippen MR) is 127 cm³/mol. The lowest BCUT2D eigenvalue weighted by atomic mass is 9.74. The Kier molecular flexibility index (Phi) is 5.54. The molecule has 33 heavy (non-hydrogen) atoms. The number of nitrogens with zero attached hydrogens (tertiary/aromatic N) is 3. The van der Waals surface area contributed by atoms with Crippen molar-refractivity contribution in [2.45, 2.75) is 37.9 Å². The van der Waals surface area contributed by atoms with Gasteiger partial charge < -0.3 is 9.73 Å². The fourth-order valence-electron chi connectivity index (χ4n) is 4.53. The summed E-state index contributed by atoms with van der Waals surface area (Å²) in [5.41, 5.74) is 2.76. The van der Waals surface area contributed by atoms with E-state index in [4.69, 9.17) is 4.42 Å². The number of fused-ring (bicyclic) bond motifs is 1. The average molecular weight is 461 g/mol. The molecule has 1 N–H and O–H groups in total. The van der Waals surface area contributed by atoms with Gasteiger partial charge in [-0.25, -0.2) is 9.97 Å². The van der Waals surface area contributed by atoms with Gasteiger partial charge in [-0.3, -0.25) is 14.5 Å². The van der Waals surface area contributed by atoms with Crippen LogP contribution in [0.1, 0.15) is 38.5 Å². The van der Waals surface area contributed by atoms with Crippen LogP contribution in [0, 0.1) is 5.41 Å². The van der Waals surface area contributed by atoms with Crippen LogP contribution in [0.4, 0.5) is 11.4 Å². The largest absolute Gasteiger partial charge is 0.467 e. The van der Waals surface area contributed by atoms with Gasteiger partial charge in [0.05, 0.1) is 23.4 Å². The molecule has 3 aromatic rings. The second-order valence-corrected chi connectivity index (χ2v) is 9.92. The van der Waals surface area contributed by atoms with Gasteiger partial charge in [0.1, 0.15) is 11.8 Å². The summed E-state index contributed by atoms with van der Waals surface area (Å²) in [6.45, 7) is 4.18. The highest BCUT2D eigenvalue weighted by Gasteiger charge is 2.44. The third-order valence-electron chi connectivity index (χ3n) is 5.85. The van der Waals surface area contributed by atoms with Crippen molar-refractivity contribution in [1.82, 2.24) is 9.97 Å². The monoisotopic (exact) mass is 460 g/mol. The molecule has 2 aliphatic rings. The topological polar surface area (TPSA) is 88.3 Å². The normalized spacial score (nSPS) is 19.4. The van der Waals surface area contributed by atoms with Crippen molar-refractivity contribution in [3.05, 3.63) is 78.2 Å². The number of para-hydroxylation sites is 2. The average Bonchev–Trinajstić information content (AvgIpc) is 3.27. The van der Waals surface area contributed by atoms with E-state index < -0.39 is 6.04 Å². The molecule has 1 aromatic carbocycles. The number of thioether (sulfide) groups is 1. The van der Waals surface area contributed by atoms with E-state index >= 15 is 0 Å². The van der Waals surface area contributed by atoms with Crippen molar-refractivity contribution >= 4 is 34.8 Å². The SMILES string of the molecule is CC1(C)CC(=O)C2=C(C1)Nc1ccccc1N(C(=O)CSc1ncccn1)[C@H]2c1ccco1. The zero-order valence-corrected chi connectivity index (χ0v) is 19.3. The second kappa shape index (κ2) is 8.51. The highest BCUT2D eigenvalue weighted by Crippen LogP contribution is 2.48. The van der Waals surface area contributed by atoms with Gasteiger partial charge in [0.2, 0.25) is 5.91 Å². The molecule has 1 aliphatic carbocycles. The Morgan fingerprint density at radius 1 is 1.15 bits per heavy atom. The summed E-state index contributed by atoms with van der Waals surface area (Å²) in [5, 5.41) is 4.01. The third kappa shape index (κ3) is 4.18. The van der Waals surface area contributed by atoms with Crippen LogP contribution < -0.4 is 10.2 Å². The molecule has 5 rings (SSSR count). The van der Waals surface area contributed by atoms with E-state index in [9.17, 15) is 9.59 Å². The maximum atomic E-state index is 13.7. The number of rotatable bonds is 4. The number of aromatic nitrogens is 2. The van der Waals surface area contributed by atoms with E-state index in [1.165, 1.54) is 11.8 Å². The molecular formula is C25H24N4O3S. The summed E-state index contributed by atoms with van der Waals surface area (Å²) in [7, 11) is 0. The van der Waals surface area contributed by atoms with Gasteiger partial charge in [-0.15, -0.1) is 0 Å². The number of carbonyl (C=O) groups excluding carboxylic acids is 2. The molecule has 3 heterocycles. The van der Waals surface area contributed by atoms with Crippen molar-refractivity contribution in [2.24, 2.45) is 5.41 Å². The maximum absolute atomic E-state index is 13.7. The molecule has 0 spiro atoms. The first kappa shape index (κ1) is 21.5. The zero-order chi connectivity index (χ0) is 23.0. The predicted octanol–water partition coefficient (Wildman–Crippen LogP) is 5.00. The number of hydrogen-bond acceptors (Lipinski definition) is 7. The van der Waals surface area contributed by atoms with Gasteiger partial charge in [0.25, 0.3) is 0 Å². The molecular weight excluding hydrogens is 436 g/mol. The Bertz CT molecular complexity index is 1220. The van der Waals surface area contributed by atoms with Crippen molar-refractivity contribution in [3.8, 4) is 0 Å². The Morgan fingerprint density at radius 2 is 1.94 bits per heavy atom. The first-order chi connectivity index (χ1) is 15.9. The quantitative estimate of drug-likeness (QED) is 0.433. The third-order valence-corrected chi connectivity index (χ3v) is 6.71. The minimum Gasteiger partial charge on any atom is -0.467 e. The van der Waals surface area contributed by atoms with Gasteiger partial charge in [-0.2, -0.15) is 0 Å². The highest BCUT2D eigenvalue weighted by atomic mass is 32.2. The summed E-state index contributed by atoms with van der Waals surface area (Å²) >= 11 is 1.27. The van der Waals surface area contributed by atoms with Crippen molar-refractivity contribution < 1.29 is 14.0 Å².